The third-order valence-corrected chi connectivity index (χ3v) is 5.73. The lowest BCUT2D eigenvalue weighted by molar-refractivity contribution is -0.655. The number of hydrogen-bond donors (Lipinski definition) is 1. The molecule has 0 aliphatic carbocycles. The number of pyridine rings is 1. The van der Waals surface area contributed by atoms with Crippen LogP contribution in [-0.4, -0.2) is 47.6 Å². The summed E-state index contributed by atoms with van der Waals surface area (Å²) in [6, 6.07) is 12.6. The van der Waals surface area contributed by atoms with E-state index in [4.69, 9.17) is 4.74 Å². The summed E-state index contributed by atoms with van der Waals surface area (Å²) in [6.07, 6.45) is 2.67. The van der Waals surface area contributed by atoms with E-state index < -0.39 is 0 Å². The maximum atomic E-state index is 6.18. The van der Waals surface area contributed by atoms with Crippen molar-refractivity contribution in [2.75, 3.05) is 37.7 Å². The second-order valence-corrected chi connectivity index (χ2v) is 7.62. The molecule has 0 saturated carbocycles. The van der Waals surface area contributed by atoms with Crippen molar-refractivity contribution in [2.45, 2.75) is 20.3 Å². The van der Waals surface area contributed by atoms with Crippen molar-refractivity contribution in [1.29, 1.82) is 0 Å². The van der Waals surface area contributed by atoms with Gasteiger partial charge in [-0.25, -0.2) is 0 Å². The standard InChI is InChI=1S/C23H29N5O/c1-17-21(18(2)27(3)26-17)9-15-29-22-8-5-10-25-23(22)19-6-4-7-20(16-19)28-13-11-24-12-14-28/h4-8,10,16,24H,9,11-15H2,1-3H3/p+1. The monoisotopic (exact) mass is 392 g/mol. The normalized spacial score (nSPS) is 14.2. The van der Waals surface area contributed by atoms with Gasteiger partial charge in [0.05, 0.1) is 38.5 Å². The highest BCUT2D eigenvalue weighted by molar-refractivity contribution is 5.70. The summed E-state index contributed by atoms with van der Waals surface area (Å²) < 4.78 is 8.12. The molecular formula is C23H30N5O+. The van der Waals surface area contributed by atoms with Crippen LogP contribution in [0, 0.1) is 13.8 Å². The number of rotatable bonds is 6. The number of aromatic nitrogens is 3. The summed E-state index contributed by atoms with van der Waals surface area (Å²) in [5.41, 5.74) is 6.80. The summed E-state index contributed by atoms with van der Waals surface area (Å²) in [5.74, 6) is 0.829. The molecule has 3 heterocycles. The quantitative estimate of drug-likeness (QED) is 0.698. The fraction of sp³-hybridized carbons (Fsp3) is 0.391. The van der Waals surface area contributed by atoms with Gasteiger partial charge in [0, 0.05) is 36.6 Å². The van der Waals surface area contributed by atoms with E-state index in [0.29, 0.717) is 6.61 Å². The highest BCUT2D eigenvalue weighted by atomic mass is 16.5. The van der Waals surface area contributed by atoms with Crippen LogP contribution < -0.4 is 15.0 Å². The second-order valence-electron chi connectivity index (χ2n) is 7.62. The lowest BCUT2D eigenvalue weighted by Gasteiger charge is -2.27. The van der Waals surface area contributed by atoms with Crippen LogP contribution in [0.4, 0.5) is 5.69 Å². The predicted octanol–water partition coefficient (Wildman–Crippen LogP) is 2.10. The molecule has 1 fully saturated rings. The predicted molar refractivity (Wildman–Crippen MR) is 115 cm³/mol. The van der Waals surface area contributed by atoms with Crippen molar-refractivity contribution in [3.05, 3.63) is 59.5 Å². The molecule has 2 aromatic heterocycles. The van der Waals surface area contributed by atoms with Gasteiger partial charge in [0.25, 0.3) is 0 Å². The SMILES string of the molecule is Cc1nn(C)c(C)c1CCOc1cccnc1-c1cccc(N2CC[NH2+]CC2)c1. The van der Waals surface area contributed by atoms with Gasteiger partial charge in [0.15, 0.2) is 0 Å². The van der Waals surface area contributed by atoms with E-state index in [9.17, 15) is 0 Å². The van der Waals surface area contributed by atoms with Crippen molar-refractivity contribution < 1.29 is 10.1 Å². The Morgan fingerprint density at radius 1 is 1.10 bits per heavy atom. The average molecular weight is 393 g/mol. The van der Waals surface area contributed by atoms with Gasteiger partial charge in [0.1, 0.15) is 11.4 Å². The number of nitrogens with zero attached hydrogens (tertiary/aromatic N) is 4. The molecule has 1 saturated heterocycles. The zero-order valence-corrected chi connectivity index (χ0v) is 17.6. The summed E-state index contributed by atoms with van der Waals surface area (Å²) in [5, 5.41) is 6.87. The topological polar surface area (TPSA) is 59.8 Å². The van der Waals surface area contributed by atoms with Crippen LogP contribution in [0.15, 0.2) is 42.6 Å². The van der Waals surface area contributed by atoms with E-state index >= 15 is 0 Å². The molecule has 0 unspecified atom stereocenters. The summed E-state index contributed by atoms with van der Waals surface area (Å²) in [6.45, 7) is 9.23. The van der Waals surface area contributed by atoms with Crippen LogP contribution >= 0.6 is 0 Å². The molecular weight excluding hydrogens is 362 g/mol. The number of nitrogens with two attached hydrogens (primary N) is 1. The molecule has 4 rings (SSSR count). The van der Waals surface area contributed by atoms with Gasteiger partial charge in [-0.3, -0.25) is 9.67 Å². The second kappa shape index (κ2) is 8.66. The van der Waals surface area contributed by atoms with Gasteiger partial charge < -0.3 is 15.0 Å². The summed E-state index contributed by atoms with van der Waals surface area (Å²) in [4.78, 5) is 7.08. The fourth-order valence-corrected chi connectivity index (χ4v) is 4.02. The molecule has 2 N–H and O–H groups in total. The minimum absolute atomic E-state index is 0.605. The summed E-state index contributed by atoms with van der Waals surface area (Å²) >= 11 is 0. The lowest BCUT2D eigenvalue weighted by atomic mass is 10.1. The van der Waals surface area contributed by atoms with E-state index in [1.54, 1.807) is 0 Å². The fourth-order valence-electron chi connectivity index (χ4n) is 4.02. The van der Waals surface area contributed by atoms with Gasteiger partial charge in [-0.2, -0.15) is 5.10 Å². The number of piperazine rings is 1. The zero-order valence-electron chi connectivity index (χ0n) is 17.6. The Balaban J connectivity index is 1.51. The van der Waals surface area contributed by atoms with Crippen LogP contribution in [0.2, 0.25) is 0 Å². The molecule has 3 aromatic rings. The molecule has 0 amide bonds. The van der Waals surface area contributed by atoms with Crippen LogP contribution in [-0.2, 0) is 13.5 Å². The Hall–Kier alpha value is -2.86. The largest absolute Gasteiger partial charge is 0.491 e. The first-order chi connectivity index (χ1) is 14.1. The van der Waals surface area contributed by atoms with Crippen molar-refractivity contribution >= 4 is 5.69 Å². The average Bonchev–Trinajstić information content (AvgIpc) is 3.01. The minimum Gasteiger partial charge on any atom is -0.491 e. The Bertz CT molecular complexity index is 975. The Labute approximate surface area is 172 Å². The van der Waals surface area contributed by atoms with E-state index in [-0.39, 0.29) is 0 Å². The first kappa shape index (κ1) is 19.5. The Morgan fingerprint density at radius 2 is 1.93 bits per heavy atom. The zero-order chi connectivity index (χ0) is 20.2. The molecule has 6 heteroatoms. The van der Waals surface area contributed by atoms with Crippen molar-refractivity contribution in [2.24, 2.45) is 7.05 Å². The smallest absolute Gasteiger partial charge is 0.145 e. The highest BCUT2D eigenvalue weighted by Gasteiger charge is 2.15. The lowest BCUT2D eigenvalue weighted by Crippen LogP contribution is -2.89. The van der Waals surface area contributed by atoms with Gasteiger partial charge in [-0.05, 0) is 43.7 Å². The molecule has 1 aliphatic heterocycles. The molecule has 1 aromatic carbocycles. The van der Waals surface area contributed by atoms with E-state index in [1.165, 1.54) is 16.9 Å². The highest BCUT2D eigenvalue weighted by Crippen LogP contribution is 2.30. The number of quaternary nitrogens is 1. The molecule has 0 spiro atoms. The number of aryl methyl sites for hydroxylation is 2. The molecule has 1 aliphatic rings. The number of anilines is 1. The van der Waals surface area contributed by atoms with E-state index in [1.807, 2.05) is 30.1 Å². The third-order valence-electron chi connectivity index (χ3n) is 5.73. The molecule has 152 valence electrons. The van der Waals surface area contributed by atoms with Crippen molar-refractivity contribution in [3.63, 3.8) is 0 Å². The molecule has 6 nitrogen and oxygen atoms in total. The number of hydrogen-bond acceptors (Lipinski definition) is 4. The van der Waals surface area contributed by atoms with Crippen LogP contribution in [0.5, 0.6) is 5.75 Å². The minimum atomic E-state index is 0.605. The maximum Gasteiger partial charge on any atom is 0.145 e. The number of ether oxygens (including phenoxy) is 1. The van der Waals surface area contributed by atoms with Gasteiger partial charge in [-0.15, -0.1) is 0 Å². The molecule has 0 radical (unpaired) electrons. The Kier molecular flexibility index (Phi) is 5.81. The van der Waals surface area contributed by atoms with E-state index in [2.05, 4.69) is 58.4 Å². The van der Waals surface area contributed by atoms with Crippen LogP contribution in [0.3, 0.4) is 0 Å². The Morgan fingerprint density at radius 3 is 2.69 bits per heavy atom. The van der Waals surface area contributed by atoms with Gasteiger partial charge in [0.2, 0.25) is 0 Å². The number of benzene rings is 1. The maximum absolute atomic E-state index is 6.18. The van der Waals surface area contributed by atoms with Crippen molar-refractivity contribution in [1.82, 2.24) is 14.8 Å². The first-order valence-corrected chi connectivity index (χ1v) is 10.4. The van der Waals surface area contributed by atoms with Crippen LogP contribution in [0.25, 0.3) is 11.3 Å². The van der Waals surface area contributed by atoms with Crippen molar-refractivity contribution in [3.8, 4) is 17.0 Å². The third kappa shape index (κ3) is 4.27. The molecule has 29 heavy (non-hydrogen) atoms. The van der Waals surface area contributed by atoms with Gasteiger partial charge >= 0.3 is 0 Å². The van der Waals surface area contributed by atoms with Gasteiger partial charge in [-0.1, -0.05) is 12.1 Å². The van der Waals surface area contributed by atoms with E-state index in [0.717, 1.165) is 55.3 Å². The summed E-state index contributed by atoms with van der Waals surface area (Å²) in [7, 11) is 1.99. The molecule has 0 bridgehead atoms. The first-order valence-electron chi connectivity index (χ1n) is 10.4. The van der Waals surface area contributed by atoms with Crippen LogP contribution in [0.1, 0.15) is 17.0 Å². The molecule has 0 atom stereocenters.